The fraction of sp³-hybridized carbons (Fsp3) is 0.227. The van der Waals surface area contributed by atoms with E-state index in [0.717, 1.165) is 11.1 Å². The van der Waals surface area contributed by atoms with Crippen LogP contribution < -0.4 is 14.8 Å². The molecule has 0 aliphatic rings. The molecule has 0 bridgehead atoms. The Morgan fingerprint density at radius 2 is 1.81 bits per heavy atom. The first-order chi connectivity index (χ1) is 14.8. The molecule has 9 heteroatoms. The lowest BCUT2D eigenvalue weighted by Crippen LogP contribution is -2.23. The second-order valence-electron chi connectivity index (χ2n) is 6.98. The van der Waals surface area contributed by atoms with Crippen LogP contribution in [0.5, 0.6) is 17.5 Å². The lowest BCUT2D eigenvalue weighted by molar-refractivity contribution is 0.0821. The molecule has 0 saturated carbocycles. The normalized spacial score (nSPS) is 10.2. The summed E-state index contributed by atoms with van der Waals surface area (Å²) >= 11 is 0. The molecule has 9 nitrogen and oxygen atoms in total. The average Bonchev–Trinajstić information content (AvgIpc) is 2.75. The number of pyridine rings is 1. The summed E-state index contributed by atoms with van der Waals surface area (Å²) in [5.41, 5.74) is 2.90. The molecule has 0 unspecified atom stereocenters. The van der Waals surface area contributed by atoms with Crippen LogP contribution >= 0.6 is 0 Å². The molecule has 2 heterocycles. The number of anilines is 2. The maximum atomic E-state index is 12.5. The van der Waals surface area contributed by atoms with Gasteiger partial charge in [0, 0.05) is 26.2 Å². The minimum absolute atomic E-state index is 0.169. The van der Waals surface area contributed by atoms with Gasteiger partial charge in [-0.2, -0.15) is 10.2 Å². The van der Waals surface area contributed by atoms with Crippen molar-refractivity contribution in [1.29, 1.82) is 5.26 Å². The van der Waals surface area contributed by atoms with Gasteiger partial charge in [0.05, 0.1) is 30.6 Å². The zero-order chi connectivity index (χ0) is 22.5. The van der Waals surface area contributed by atoms with Gasteiger partial charge in [-0.3, -0.25) is 4.79 Å². The third-order valence-electron chi connectivity index (χ3n) is 4.33. The number of carbonyl (C=O) groups excluding carboxylic acids is 1. The molecular formula is C22H22N6O3. The maximum absolute atomic E-state index is 12.5. The second kappa shape index (κ2) is 9.09. The quantitative estimate of drug-likeness (QED) is 0.646. The molecule has 158 valence electrons. The summed E-state index contributed by atoms with van der Waals surface area (Å²) in [7, 11) is 4.81. The number of hydrogen-bond acceptors (Lipinski definition) is 8. The summed E-state index contributed by atoms with van der Waals surface area (Å²) in [6, 6.07) is 10.5. The van der Waals surface area contributed by atoms with Crippen LogP contribution in [0, 0.1) is 25.2 Å². The molecule has 0 atom stereocenters. The molecule has 1 N–H and O–H groups in total. The van der Waals surface area contributed by atoms with E-state index in [1.54, 1.807) is 44.6 Å². The van der Waals surface area contributed by atoms with Crippen molar-refractivity contribution in [3.63, 3.8) is 0 Å². The van der Waals surface area contributed by atoms with E-state index in [0.29, 0.717) is 22.9 Å². The second-order valence-corrected chi connectivity index (χ2v) is 6.98. The summed E-state index contributed by atoms with van der Waals surface area (Å²) in [6.07, 6.45) is 1.57. The number of aromatic nitrogens is 3. The number of nitrogens with zero attached hydrogens (tertiary/aromatic N) is 5. The highest BCUT2D eigenvalue weighted by molar-refractivity contribution is 5.92. The number of aryl methyl sites for hydroxylation is 2. The van der Waals surface area contributed by atoms with Gasteiger partial charge in [-0.1, -0.05) is 0 Å². The van der Waals surface area contributed by atoms with E-state index in [-0.39, 0.29) is 23.4 Å². The predicted molar refractivity (Wildman–Crippen MR) is 115 cm³/mol. The highest BCUT2D eigenvalue weighted by atomic mass is 16.5. The van der Waals surface area contributed by atoms with Crippen LogP contribution in [-0.4, -0.2) is 47.0 Å². The van der Waals surface area contributed by atoms with Crippen molar-refractivity contribution in [2.45, 2.75) is 13.8 Å². The third-order valence-corrected chi connectivity index (χ3v) is 4.33. The number of nitriles is 1. The lowest BCUT2D eigenvalue weighted by Gasteiger charge is -2.15. The molecule has 1 aromatic carbocycles. The largest absolute Gasteiger partial charge is 0.481 e. The number of amides is 1. The first kappa shape index (κ1) is 21.5. The Labute approximate surface area is 180 Å². The number of carbonyl (C=O) groups is 1. The van der Waals surface area contributed by atoms with E-state index >= 15 is 0 Å². The predicted octanol–water partition coefficient (Wildman–Crippen LogP) is 3.61. The zero-order valence-electron chi connectivity index (χ0n) is 17.9. The molecular weight excluding hydrogens is 396 g/mol. The Morgan fingerprint density at radius 1 is 1.10 bits per heavy atom. The standard InChI is InChI=1S/C22H22N6O3/c1-13-8-15(11-23)9-14(2)20(13)31-19-10-17(21(29)28(3)4)26-22(27-19)25-16-6-7-18(30-5)24-12-16/h6-10,12H,1-5H3,(H,25,26,27). The Bertz CT molecular complexity index is 1130. The van der Waals surface area contributed by atoms with Gasteiger partial charge in [-0.05, 0) is 43.2 Å². The van der Waals surface area contributed by atoms with Crippen LogP contribution in [0.4, 0.5) is 11.6 Å². The van der Waals surface area contributed by atoms with Crippen molar-refractivity contribution in [2.75, 3.05) is 26.5 Å². The van der Waals surface area contributed by atoms with Gasteiger partial charge in [0.1, 0.15) is 11.4 Å². The van der Waals surface area contributed by atoms with Gasteiger partial charge < -0.3 is 19.7 Å². The van der Waals surface area contributed by atoms with Crippen molar-refractivity contribution in [2.24, 2.45) is 0 Å². The van der Waals surface area contributed by atoms with Crippen LogP contribution in [0.15, 0.2) is 36.5 Å². The number of rotatable bonds is 6. The number of hydrogen-bond donors (Lipinski definition) is 1. The van der Waals surface area contributed by atoms with Crippen molar-refractivity contribution >= 4 is 17.5 Å². The highest BCUT2D eigenvalue weighted by Gasteiger charge is 2.17. The van der Waals surface area contributed by atoms with E-state index in [9.17, 15) is 4.79 Å². The first-order valence-electron chi connectivity index (χ1n) is 9.37. The van der Waals surface area contributed by atoms with E-state index in [2.05, 4.69) is 26.3 Å². The fourth-order valence-corrected chi connectivity index (χ4v) is 2.86. The van der Waals surface area contributed by atoms with Crippen molar-refractivity contribution in [3.05, 3.63) is 58.9 Å². The number of benzene rings is 1. The van der Waals surface area contributed by atoms with Gasteiger partial charge in [-0.15, -0.1) is 0 Å². The molecule has 0 aliphatic carbocycles. The number of methoxy groups -OCH3 is 1. The van der Waals surface area contributed by atoms with Crippen molar-refractivity contribution in [3.8, 4) is 23.6 Å². The maximum Gasteiger partial charge on any atom is 0.272 e. The highest BCUT2D eigenvalue weighted by Crippen LogP contribution is 2.30. The molecule has 31 heavy (non-hydrogen) atoms. The topological polar surface area (TPSA) is 113 Å². The van der Waals surface area contributed by atoms with Crippen molar-refractivity contribution in [1.82, 2.24) is 19.9 Å². The molecule has 0 radical (unpaired) electrons. The molecule has 0 aliphatic heterocycles. The zero-order valence-corrected chi connectivity index (χ0v) is 17.9. The van der Waals surface area contributed by atoms with E-state index in [1.807, 2.05) is 13.8 Å². The monoisotopic (exact) mass is 418 g/mol. The Kier molecular flexibility index (Phi) is 6.31. The van der Waals surface area contributed by atoms with E-state index in [4.69, 9.17) is 14.7 Å². The molecule has 2 aromatic heterocycles. The summed E-state index contributed by atoms with van der Waals surface area (Å²) < 4.78 is 11.1. The molecule has 1 amide bonds. The van der Waals surface area contributed by atoms with Crippen LogP contribution in [0.3, 0.4) is 0 Å². The van der Waals surface area contributed by atoms with Crippen LogP contribution in [0.1, 0.15) is 27.2 Å². The molecule has 0 fully saturated rings. The van der Waals surface area contributed by atoms with Gasteiger partial charge in [-0.25, -0.2) is 9.97 Å². The lowest BCUT2D eigenvalue weighted by atomic mass is 10.1. The fourth-order valence-electron chi connectivity index (χ4n) is 2.86. The van der Waals surface area contributed by atoms with E-state index < -0.39 is 0 Å². The van der Waals surface area contributed by atoms with Crippen molar-refractivity contribution < 1.29 is 14.3 Å². The van der Waals surface area contributed by atoms with Gasteiger partial charge in [0.15, 0.2) is 0 Å². The van der Waals surface area contributed by atoms with Crippen LogP contribution in [0.2, 0.25) is 0 Å². The minimum Gasteiger partial charge on any atom is -0.481 e. The summed E-state index contributed by atoms with van der Waals surface area (Å²) in [4.78, 5) is 26.8. The Balaban J connectivity index is 1.99. The number of ether oxygens (including phenoxy) is 2. The molecule has 3 aromatic rings. The summed E-state index contributed by atoms with van der Waals surface area (Å²) in [6.45, 7) is 3.69. The molecule has 0 saturated heterocycles. The third kappa shape index (κ3) is 5.05. The average molecular weight is 418 g/mol. The SMILES string of the molecule is COc1ccc(Nc2nc(Oc3c(C)cc(C#N)cc3C)cc(C(=O)N(C)C)n2)cn1. The molecule has 3 rings (SSSR count). The van der Waals surface area contributed by atoms with Gasteiger partial charge in [0.25, 0.3) is 5.91 Å². The van der Waals surface area contributed by atoms with Gasteiger partial charge >= 0.3 is 0 Å². The summed E-state index contributed by atoms with van der Waals surface area (Å²) in [5, 5.41) is 12.2. The molecule has 0 spiro atoms. The van der Waals surface area contributed by atoms with E-state index in [1.165, 1.54) is 18.1 Å². The minimum atomic E-state index is -0.295. The summed E-state index contributed by atoms with van der Waals surface area (Å²) in [5.74, 6) is 1.12. The Morgan fingerprint density at radius 3 is 2.35 bits per heavy atom. The van der Waals surface area contributed by atoms with Gasteiger partial charge in [0.2, 0.25) is 17.7 Å². The van der Waals surface area contributed by atoms with Crippen LogP contribution in [-0.2, 0) is 0 Å². The van der Waals surface area contributed by atoms with Crippen LogP contribution in [0.25, 0.3) is 0 Å². The smallest absolute Gasteiger partial charge is 0.272 e. The Hall–Kier alpha value is -4.19. The number of nitrogens with one attached hydrogen (secondary N) is 1. The first-order valence-corrected chi connectivity index (χ1v) is 9.37.